The quantitative estimate of drug-likeness (QED) is 0.884. The zero-order valence-electron chi connectivity index (χ0n) is 10.1. The van der Waals surface area contributed by atoms with Crippen molar-refractivity contribution >= 4 is 0 Å². The van der Waals surface area contributed by atoms with Crippen LogP contribution in [0.4, 0.5) is 4.39 Å². The summed E-state index contributed by atoms with van der Waals surface area (Å²) < 4.78 is 18.7. The fourth-order valence-corrected chi connectivity index (χ4v) is 2.12. The fourth-order valence-electron chi connectivity index (χ4n) is 2.12. The molecule has 0 saturated carbocycles. The number of hydrogen-bond donors (Lipinski definition) is 1. The predicted octanol–water partition coefficient (Wildman–Crippen LogP) is 2.26. The van der Waals surface area contributed by atoms with Gasteiger partial charge in [0.05, 0.1) is 5.92 Å². The highest BCUT2D eigenvalue weighted by Gasteiger charge is 2.23. The van der Waals surface area contributed by atoms with E-state index in [0.29, 0.717) is 22.8 Å². The van der Waals surface area contributed by atoms with Gasteiger partial charge in [0.15, 0.2) is 0 Å². The van der Waals surface area contributed by atoms with Crippen LogP contribution in [0.15, 0.2) is 22.7 Å². The van der Waals surface area contributed by atoms with Gasteiger partial charge in [0.1, 0.15) is 5.82 Å². The summed E-state index contributed by atoms with van der Waals surface area (Å²) >= 11 is 0. The molecule has 0 aliphatic carbocycles. The second kappa shape index (κ2) is 4.49. The number of nitrogens with zero attached hydrogens (tertiary/aromatic N) is 2. The molecule has 94 valence electrons. The maximum Gasteiger partial charge on any atom is 0.231 e. The minimum absolute atomic E-state index is 0.249. The molecule has 18 heavy (non-hydrogen) atoms. The molecule has 2 aromatic rings. The summed E-state index contributed by atoms with van der Waals surface area (Å²) in [7, 11) is 0. The topological polar surface area (TPSA) is 51.0 Å². The van der Waals surface area contributed by atoms with Crippen LogP contribution in [0.1, 0.15) is 23.8 Å². The molecule has 4 nitrogen and oxygen atoms in total. The first-order chi connectivity index (χ1) is 8.74. The third kappa shape index (κ3) is 2.01. The normalized spacial score (nSPS) is 19.3. The highest BCUT2D eigenvalue weighted by Crippen LogP contribution is 2.24. The third-order valence-electron chi connectivity index (χ3n) is 3.28. The smallest absolute Gasteiger partial charge is 0.231 e. The van der Waals surface area contributed by atoms with Crippen molar-refractivity contribution in [1.82, 2.24) is 15.5 Å². The van der Waals surface area contributed by atoms with E-state index in [0.717, 1.165) is 19.5 Å². The second-order valence-corrected chi connectivity index (χ2v) is 4.61. The van der Waals surface area contributed by atoms with Gasteiger partial charge in [-0.2, -0.15) is 4.98 Å². The molecule has 0 amide bonds. The van der Waals surface area contributed by atoms with Crippen molar-refractivity contribution in [2.45, 2.75) is 19.3 Å². The van der Waals surface area contributed by atoms with Gasteiger partial charge in [0.2, 0.25) is 11.7 Å². The number of halogens is 1. The molecule has 1 aromatic carbocycles. The Morgan fingerprint density at radius 2 is 2.33 bits per heavy atom. The summed E-state index contributed by atoms with van der Waals surface area (Å²) in [6, 6.07) is 4.97. The number of hydrogen-bond acceptors (Lipinski definition) is 4. The molecule has 2 heterocycles. The van der Waals surface area contributed by atoms with Crippen molar-refractivity contribution < 1.29 is 8.91 Å². The first-order valence-electron chi connectivity index (χ1n) is 6.05. The Morgan fingerprint density at radius 1 is 1.44 bits per heavy atom. The number of benzene rings is 1. The van der Waals surface area contributed by atoms with Crippen LogP contribution >= 0.6 is 0 Å². The zero-order valence-corrected chi connectivity index (χ0v) is 10.1. The number of rotatable bonds is 2. The van der Waals surface area contributed by atoms with Gasteiger partial charge in [-0.05, 0) is 31.5 Å². The monoisotopic (exact) mass is 247 g/mol. The van der Waals surface area contributed by atoms with Gasteiger partial charge in [-0.15, -0.1) is 0 Å². The first-order valence-corrected chi connectivity index (χ1v) is 6.05. The van der Waals surface area contributed by atoms with E-state index >= 15 is 0 Å². The number of aromatic nitrogens is 2. The van der Waals surface area contributed by atoms with Crippen LogP contribution in [-0.4, -0.2) is 23.2 Å². The Hall–Kier alpha value is -1.75. The van der Waals surface area contributed by atoms with Gasteiger partial charge in [0.25, 0.3) is 0 Å². The molecule has 1 aromatic heterocycles. The molecular weight excluding hydrogens is 233 g/mol. The van der Waals surface area contributed by atoms with Crippen molar-refractivity contribution in [3.05, 3.63) is 35.5 Å². The summed E-state index contributed by atoms with van der Waals surface area (Å²) in [5.74, 6) is 1.12. The Kier molecular flexibility index (Phi) is 2.83. The minimum atomic E-state index is -0.249. The van der Waals surface area contributed by atoms with E-state index in [1.165, 1.54) is 6.07 Å². The third-order valence-corrected chi connectivity index (χ3v) is 3.28. The summed E-state index contributed by atoms with van der Waals surface area (Å²) in [5.41, 5.74) is 1.27. The molecule has 0 bridgehead atoms. The number of aryl methyl sites for hydroxylation is 1. The predicted molar refractivity (Wildman–Crippen MR) is 64.7 cm³/mol. The Bertz CT molecular complexity index is 561. The lowest BCUT2D eigenvalue weighted by Crippen LogP contribution is -2.08. The van der Waals surface area contributed by atoms with Crippen molar-refractivity contribution in [1.29, 1.82) is 0 Å². The molecule has 5 heteroatoms. The van der Waals surface area contributed by atoms with Crippen LogP contribution in [0.25, 0.3) is 11.4 Å². The molecule has 0 spiro atoms. The van der Waals surface area contributed by atoms with Crippen molar-refractivity contribution in [2.75, 3.05) is 13.1 Å². The maximum absolute atomic E-state index is 13.5. The summed E-state index contributed by atoms with van der Waals surface area (Å²) in [5, 5.41) is 7.17. The average Bonchev–Trinajstić information content (AvgIpc) is 3.01. The molecule has 1 N–H and O–H groups in total. The molecule has 1 aliphatic heterocycles. The largest absolute Gasteiger partial charge is 0.339 e. The Balaban J connectivity index is 1.89. The molecule has 1 aliphatic rings. The molecule has 3 rings (SSSR count). The Morgan fingerprint density at radius 3 is 3.06 bits per heavy atom. The van der Waals surface area contributed by atoms with E-state index in [1.54, 1.807) is 19.1 Å². The van der Waals surface area contributed by atoms with E-state index in [2.05, 4.69) is 15.5 Å². The van der Waals surface area contributed by atoms with Crippen molar-refractivity contribution in [3.63, 3.8) is 0 Å². The minimum Gasteiger partial charge on any atom is -0.339 e. The van der Waals surface area contributed by atoms with Gasteiger partial charge in [0, 0.05) is 12.1 Å². The first kappa shape index (κ1) is 11.3. The molecular formula is C13H14FN3O. The molecule has 1 atom stereocenters. The van der Waals surface area contributed by atoms with Crippen LogP contribution in [-0.2, 0) is 0 Å². The Labute approximate surface area is 104 Å². The van der Waals surface area contributed by atoms with Crippen molar-refractivity contribution in [3.8, 4) is 11.4 Å². The van der Waals surface area contributed by atoms with E-state index in [9.17, 15) is 4.39 Å². The van der Waals surface area contributed by atoms with E-state index in [4.69, 9.17) is 4.52 Å². The SMILES string of the molecule is Cc1ccc(-c2noc([C@H]3CCNC3)n2)cc1F. The van der Waals surface area contributed by atoms with Gasteiger partial charge in [-0.1, -0.05) is 17.3 Å². The second-order valence-electron chi connectivity index (χ2n) is 4.61. The molecule has 1 saturated heterocycles. The van der Waals surface area contributed by atoms with Crippen LogP contribution in [0.3, 0.4) is 0 Å². The van der Waals surface area contributed by atoms with Gasteiger partial charge in [-0.3, -0.25) is 0 Å². The van der Waals surface area contributed by atoms with E-state index in [-0.39, 0.29) is 11.7 Å². The average molecular weight is 247 g/mol. The summed E-state index contributed by atoms with van der Waals surface area (Å²) in [6.07, 6.45) is 1.00. The van der Waals surface area contributed by atoms with Gasteiger partial charge in [-0.25, -0.2) is 4.39 Å². The summed E-state index contributed by atoms with van der Waals surface area (Å²) in [6.45, 7) is 3.57. The van der Waals surface area contributed by atoms with Crippen LogP contribution in [0, 0.1) is 12.7 Å². The van der Waals surface area contributed by atoms with Crippen LogP contribution in [0.5, 0.6) is 0 Å². The maximum atomic E-state index is 13.5. The van der Waals surface area contributed by atoms with Crippen LogP contribution in [0.2, 0.25) is 0 Å². The van der Waals surface area contributed by atoms with Crippen LogP contribution < -0.4 is 5.32 Å². The fraction of sp³-hybridized carbons (Fsp3) is 0.385. The number of nitrogens with one attached hydrogen (secondary N) is 1. The van der Waals surface area contributed by atoms with Crippen molar-refractivity contribution in [2.24, 2.45) is 0 Å². The van der Waals surface area contributed by atoms with E-state index < -0.39 is 0 Å². The lowest BCUT2D eigenvalue weighted by molar-refractivity contribution is 0.359. The van der Waals surface area contributed by atoms with Gasteiger partial charge >= 0.3 is 0 Å². The highest BCUT2D eigenvalue weighted by molar-refractivity contribution is 5.55. The molecule has 0 radical (unpaired) electrons. The molecule has 1 fully saturated rings. The van der Waals surface area contributed by atoms with Gasteiger partial charge < -0.3 is 9.84 Å². The zero-order chi connectivity index (χ0) is 12.5. The lowest BCUT2D eigenvalue weighted by atomic mass is 10.1. The lowest BCUT2D eigenvalue weighted by Gasteiger charge is -1.99. The standard InChI is InChI=1S/C13H14FN3O/c1-8-2-3-9(6-11(8)14)12-16-13(18-17-12)10-4-5-15-7-10/h2-3,6,10,15H,4-5,7H2,1H3/t10-/m0/s1. The van der Waals surface area contributed by atoms with E-state index in [1.807, 2.05) is 0 Å². The highest BCUT2D eigenvalue weighted by atomic mass is 19.1. The summed E-state index contributed by atoms with van der Waals surface area (Å²) in [4.78, 5) is 4.35. The molecule has 0 unspecified atom stereocenters.